The Bertz CT molecular complexity index is 354. The molecule has 0 radical (unpaired) electrons. The Morgan fingerprint density at radius 1 is 1.40 bits per heavy atom. The minimum Gasteiger partial charge on any atom is -0.376 e. The van der Waals surface area contributed by atoms with Gasteiger partial charge in [0.15, 0.2) is 0 Å². The molecule has 1 amide bonds. The van der Waals surface area contributed by atoms with Crippen molar-refractivity contribution in [2.24, 2.45) is 11.7 Å². The second-order valence-electron chi connectivity index (χ2n) is 3.98. The maximum Gasteiger partial charge on any atom is 0.248 e. The largest absolute Gasteiger partial charge is 0.376 e. The number of carbonyl (C=O) groups is 1. The highest BCUT2D eigenvalue weighted by Gasteiger charge is 2.32. The third-order valence-electron chi connectivity index (χ3n) is 2.83. The number of hydrogen-bond acceptors (Lipinski definition) is 2. The summed E-state index contributed by atoms with van der Waals surface area (Å²) in [5.74, 6) is 0.261. The number of rotatable bonds is 4. The third kappa shape index (κ3) is 2.18. The van der Waals surface area contributed by atoms with Crippen LogP contribution in [0.1, 0.15) is 34.9 Å². The topological polar surface area (TPSA) is 52.3 Å². The van der Waals surface area contributed by atoms with Crippen molar-refractivity contribution in [3.63, 3.8) is 0 Å². The molecule has 0 spiro atoms. The zero-order chi connectivity index (χ0) is 10.8. The van der Waals surface area contributed by atoms with Crippen LogP contribution in [0, 0.1) is 5.92 Å². The summed E-state index contributed by atoms with van der Waals surface area (Å²) in [5.41, 5.74) is 6.85. The van der Waals surface area contributed by atoms with Crippen LogP contribution >= 0.6 is 0 Å². The van der Waals surface area contributed by atoms with Gasteiger partial charge in [-0.15, -0.1) is 0 Å². The van der Waals surface area contributed by atoms with Crippen LogP contribution < -0.4 is 5.73 Å². The van der Waals surface area contributed by atoms with Gasteiger partial charge >= 0.3 is 0 Å². The van der Waals surface area contributed by atoms with Gasteiger partial charge in [-0.25, -0.2) is 0 Å². The lowest BCUT2D eigenvalue weighted by Gasteiger charge is -2.14. The standard InChI is InChI=1S/C12H15NO2/c1-15-11(8-2-3-8)9-4-6-10(7-5-9)12(13)14/h4-8,11H,2-3H2,1H3,(H2,13,14). The molecule has 0 aromatic heterocycles. The molecule has 2 N–H and O–H groups in total. The molecule has 1 aliphatic rings. The van der Waals surface area contributed by atoms with Gasteiger partial charge in [0, 0.05) is 12.7 Å². The van der Waals surface area contributed by atoms with Crippen molar-refractivity contribution in [1.82, 2.24) is 0 Å². The Morgan fingerprint density at radius 3 is 2.40 bits per heavy atom. The van der Waals surface area contributed by atoms with E-state index in [1.807, 2.05) is 12.1 Å². The lowest BCUT2D eigenvalue weighted by atomic mass is 10.0. The first kappa shape index (κ1) is 10.2. The van der Waals surface area contributed by atoms with E-state index >= 15 is 0 Å². The molecule has 1 unspecified atom stereocenters. The molecule has 1 aromatic rings. The highest BCUT2D eigenvalue weighted by atomic mass is 16.5. The van der Waals surface area contributed by atoms with E-state index in [0.29, 0.717) is 11.5 Å². The van der Waals surface area contributed by atoms with Crippen molar-refractivity contribution >= 4 is 5.91 Å². The number of hydrogen-bond donors (Lipinski definition) is 1. The van der Waals surface area contributed by atoms with Crippen LogP contribution in [0.4, 0.5) is 0 Å². The van der Waals surface area contributed by atoms with Crippen molar-refractivity contribution in [3.8, 4) is 0 Å². The Hall–Kier alpha value is -1.35. The van der Waals surface area contributed by atoms with Gasteiger partial charge < -0.3 is 10.5 Å². The number of methoxy groups -OCH3 is 1. The maximum atomic E-state index is 10.9. The minimum absolute atomic E-state index is 0.173. The summed E-state index contributed by atoms with van der Waals surface area (Å²) in [6, 6.07) is 7.36. The molecule has 0 aliphatic heterocycles. The number of amides is 1. The number of benzene rings is 1. The molecule has 0 heterocycles. The zero-order valence-electron chi connectivity index (χ0n) is 8.77. The van der Waals surface area contributed by atoms with Gasteiger partial charge in [0.1, 0.15) is 0 Å². The molecule has 3 nitrogen and oxygen atoms in total. The first-order valence-electron chi connectivity index (χ1n) is 5.15. The quantitative estimate of drug-likeness (QED) is 0.816. The van der Waals surface area contributed by atoms with Gasteiger partial charge in [-0.05, 0) is 36.5 Å². The van der Waals surface area contributed by atoms with E-state index in [0.717, 1.165) is 5.56 Å². The van der Waals surface area contributed by atoms with E-state index in [2.05, 4.69) is 0 Å². The van der Waals surface area contributed by atoms with Crippen LogP contribution in [0.2, 0.25) is 0 Å². The molecular formula is C12H15NO2. The summed E-state index contributed by atoms with van der Waals surface area (Å²) in [5, 5.41) is 0. The molecule has 1 atom stereocenters. The number of primary amides is 1. The molecule has 15 heavy (non-hydrogen) atoms. The Morgan fingerprint density at radius 2 is 2.00 bits per heavy atom. The van der Waals surface area contributed by atoms with Crippen LogP contribution in [-0.4, -0.2) is 13.0 Å². The van der Waals surface area contributed by atoms with Crippen LogP contribution in [0.5, 0.6) is 0 Å². The van der Waals surface area contributed by atoms with Crippen molar-refractivity contribution in [1.29, 1.82) is 0 Å². The highest BCUT2D eigenvalue weighted by molar-refractivity contribution is 5.92. The van der Waals surface area contributed by atoms with E-state index in [-0.39, 0.29) is 12.0 Å². The van der Waals surface area contributed by atoms with Crippen molar-refractivity contribution in [2.75, 3.05) is 7.11 Å². The Kier molecular flexibility index (Phi) is 2.73. The Balaban J connectivity index is 2.17. The third-order valence-corrected chi connectivity index (χ3v) is 2.83. The average molecular weight is 205 g/mol. The second kappa shape index (κ2) is 4.03. The zero-order valence-corrected chi connectivity index (χ0v) is 8.77. The van der Waals surface area contributed by atoms with Crippen LogP contribution in [0.3, 0.4) is 0 Å². The fourth-order valence-electron chi connectivity index (χ4n) is 1.84. The molecule has 1 fully saturated rings. The van der Waals surface area contributed by atoms with Gasteiger partial charge in [0.05, 0.1) is 6.10 Å². The Labute approximate surface area is 89.2 Å². The molecule has 1 saturated carbocycles. The van der Waals surface area contributed by atoms with Gasteiger partial charge in [0.2, 0.25) is 5.91 Å². The maximum absolute atomic E-state index is 10.9. The summed E-state index contributed by atoms with van der Waals surface area (Å²) in [6.45, 7) is 0. The lowest BCUT2D eigenvalue weighted by Crippen LogP contribution is -2.11. The smallest absolute Gasteiger partial charge is 0.248 e. The lowest BCUT2D eigenvalue weighted by molar-refractivity contribution is 0.0845. The van der Waals surface area contributed by atoms with Crippen LogP contribution in [0.25, 0.3) is 0 Å². The van der Waals surface area contributed by atoms with Crippen molar-refractivity contribution in [3.05, 3.63) is 35.4 Å². The van der Waals surface area contributed by atoms with E-state index < -0.39 is 0 Å². The molecule has 0 saturated heterocycles. The molecule has 0 bridgehead atoms. The van der Waals surface area contributed by atoms with E-state index in [1.54, 1.807) is 19.2 Å². The first-order chi connectivity index (χ1) is 7.22. The van der Waals surface area contributed by atoms with Crippen LogP contribution in [0.15, 0.2) is 24.3 Å². The van der Waals surface area contributed by atoms with Gasteiger partial charge in [-0.3, -0.25) is 4.79 Å². The molecule has 3 heteroatoms. The SMILES string of the molecule is COC(c1ccc(C(N)=O)cc1)C1CC1. The predicted molar refractivity (Wildman–Crippen MR) is 57.4 cm³/mol. The summed E-state index contributed by atoms with van der Waals surface area (Å²) in [4.78, 5) is 10.9. The summed E-state index contributed by atoms with van der Waals surface area (Å²) in [6.07, 6.45) is 2.64. The summed E-state index contributed by atoms with van der Waals surface area (Å²) < 4.78 is 5.44. The average Bonchev–Trinajstić information content (AvgIpc) is 3.04. The number of carbonyl (C=O) groups excluding carboxylic acids is 1. The summed E-state index contributed by atoms with van der Waals surface area (Å²) in [7, 11) is 1.73. The van der Waals surface area contributed by atoms with E-state index in [1.165, 1.54) is 12.8 Å². The molecule has 1 aromatic carbocycles. The first-order valence-corrected chi connectivity index (χ1v) is 5.15. The van der Waals surface area contributed by atoms with E-state index in [4.69, 9.17) is 10.5 Å². The van der Waals surface area contributed by atoms with Gasteiger partial charge in [-0.1, -0.05) is 12.1 Å². The molecule has 1 aliphatic carbocycles. The van der Waals surface area contributed by atoms with Gasteiger partial charge in [-0.2, -0.15) is 0 Å². The molecular weight excluding hydrogens is 190 g/mol. The fraction of sp³-hybridized carbons (Fsp3) is 0.417. The molecule has 80 valence electrons. The molecule has 2 rings (SSSR count). The fourth-order valence-corrected chi connectivity index (χ4v) is 1.84. The number of ether oxygens (including phenoxy) is 1. The van der Waals surface area contributed by atoms with E-state index in [9.17, 15) is 4.79 Å². The van der Waals surface area contributed by atoms with Crippen molar-refractivity contribution < 1.29 is 9.53 Å². The van der Waals surface area contributed by atoms with Gasteiger partial charge in [0.25, 0.3) is 0 Å². The van der Waals surface area contributed by atoms with Crippen molar-refractivity contribution in [2.45, 2.75) is 18.9 Å². The minimum atomic E-state index is -0.387. The monoisotopic (exact) mass is 205 g/mol. The number of nitrogens with two attached hydrogens (primary N) is 1. The second-order valence-corrected chi connectivity index (χ2v) is 3.98. The van der Waals surface area contributed by atoms with Crippen LogP contribution in [-0.2, 0) is 4.74 Å². The predicted octanol–water partition coefficient (Wildman–Crippen LogP) is 1.88. The normalized spacial score (nSPS) is 17.4. The summed E-state index contributed by atoms with van der Waals surface area (Å²) >= 11 is 0. The highest BCUT2D eigenvalue weighted by Crippen LogP contribution is 2.42.